The lowest BCUT2D eigenvalue weighted by atomic mass is 9.94. The van der Waals surface area contributed by atoms with Crippen molar-refractivity contribution in [2.75, 3.05) is 5.32 Å². The van der Waals surface area contributed by atoms with Crippen LogP contribution in [-0.4, -0.2) is 11.7 Å². The molecule has 2 aromatic rings. The number of benzene rings is 2. The average molecular weight is 345 g/mol. The molecule has 0 spiro atoms. The Labute approximate surface area is 152 Å². The smallest absolute Gasteiger partial charge is 0.293 e. The van der Waals surface area contributed by atoms with Gasteiger partial charge in [-0.2, -0.15) is 10.5 Å². The zero-order valence-corrected chi connectivity index (χ0v) is 14.7. The van der Waals surface area contributed by atoms with Crippen LogP contribution in [0.15, 0.2) is 42.5 Å². The van der Waals surface area contributed by atoms with E-state index in [1.54, 1.807) is 24.3 Å². The van der Waals surface area contributed by atoms with E-state index in [2.05, 4.69) is 5.32 Å². The Balaban J connectivity index is 2.22. The third-order valence-electron chi connectivity index (χ3n) is 4.19. The molecule has 0 heterocycles. The monoisotopic (exact) mass is 345 g/mol. The van der Waals surface area contributed by atoms with Crippen molar-refractivity contribution in [3.8, 4) is 12.1 Å². The second kappa shape index (κ2) is 8.60. The van der Waals surface area contributed by atoms with E-state index in [1.807, 2.05) is 44.2 Å². The SMILES string of the molecule is CCc1cccc(C)c1NC(=O)C(=O)[C@H](C#N)c1ccc(CC#N)cc1. The molecule has 0 aliphatic rings. The zero-order valence-electron chi connectivity index (χ0n) is 14.7. The van der Waals surface area contributed by atoms with E-state index in [0.717, 1.165) is 16.7 Å². The number of para-hydroxylation sites is 1. The lowest BCUT2D eigenvalue weighted by Crippen LogP contribution is -2.28. The molecule has 0 fully saturated rings. The summed E-state index contributed by atoms with van der Waals surface area (Å²) in [7, 11) is 0. The predicted molar refractivity (Wildman–Crippen MR) is 98.3 cm³/mol. The summed E-state index contributed by atoms with van der Waals surface area (Å²) >= 11 is 0. The van der Waals surface area contributed by atoms with E-state index < -0.39 is 17.6 Å². The van der Waals surface area contributed by atoms with Gasteiger partial charge in [-0.3, -0.25) is 9.59 Å². The largest absolute Gasteiger partial charge is 0.319 e. The van der Waals surface area contributed by atoms with E-state index in [-0.39, 0.29) is 6.42 Å². The number of nitrogens with one attached hydrogen (secondary N) is 1. The van der Waals surface area contributed by atoms with Gasteiger partial charge in [0.2, 0.25) is 5.78 Å². The van der Waals surface area contributed by atoms with E-state index in [9.17, 15) is 14.9 Å². The van der Waals surface area contributed by atoms with Gasteiger partial charge in [0.15, 0.2) is 0 Å². The van der Waals surface area contributed by atoms with Crippen molar-refractivity contribution in [1.82, 2.24) is 0 Å². The standard InChI is InChI=1S/C21H19N3O2/c1-3-16-6-4-5-14(2)19(16)24-21(26)20(25)18(13-23)17-9-7-15(8-10-17)11-12-22/h4-10,18H,3,11H2,1-2H3,(H,24,26)/t18-/m1/s1. The maximum atomic E-state index is 12.5. The van der Waals surface area contributed by atoms with Crippen molar-refractivity contribution in [3.63, 3.8) is 0 Å². The van der Waals surface area contributed by atoms with Gasteiger partial charge in [0.05, 0.1) is 18.6 Å². The maximum Gasteiger partial charge on any atom is 0.293 e. The Kier molecular flexibility index (Phi) is 6.25. The third-order valence-corrected chi connectivity index (χ3v) is 4.19. The number of nitriles is 2. The minimum Gasteiger partial charge on any atom is -0.319 e. The van der Waals surface area contributed by atoms with Gasteiger partial charge in [-0.1, -0.05) is 49.4 Å². The molecular formula is C21H19N3O2. The molecule has 1 amide bonds. The van der Waals surface area contributed by atoms with Crippen molar-refractivity contribution in [1.29, 1.82) is 10.5 Å². The molecule has 2 aromatic carbocycles. The molecule has 2 rings (SSSR count). The first kappa shape index (κ1) is 18.9. The number of hydrogen-bond acceptors (Lipinski definition) is 4. The van der Waals surface area contributed by atoms with Crippen LogP contribution in [0.5, 0.6) is 0 Å². The van der Waals surface area contributed by atoms with Crippen molar-refractivity contribution >= 4 is 17.4 Å². The molecule has 0 radical (unpaired) electrons. The second-order valence-corrected chi connectivity index (χ2v) is 5.92. The van der Waals surface area contributed by atoms with Crippen molar-refractivity contribution in [3.05, 3.63) is 64.7 Å². The van der Waals surface area contributed by atoms with Gasteiger partial charge in [0.25, 0.3) is 5.91 Å². The Morgan fingerprint density at radius 3 is 2.38 bits per heavy atom. The highest BCUT2D eigenvalue weighted by atomic mass is 16.2. The maximum absolute atomic E-state index is 12.5. The van der Waals surface area contributed by atoms with E-state index >= 15 is 0 Å². The summed E-state index contributed by atoms with van der Waals surface area (Å²) in [6, 6.07) is 16.2. The highest BCUT2D eigenvalue weighted by Gasteiger charge is 2.27. The summed E-state index contributed by atoms with van der Waals surface area (Å²) < 4.78 is 0. The van der Waals surface area contributed by atoms with Crippen molar-refractivity contribution in [2.24, 2.45) is 0 Å². The summed E-state index contributed by atoms with van der Waals surface area (Å²) in [5.41, 5.74) is 3.64. The van der Waals surface area contributed by atoms with Gasteiger partial charge in [-0.05, 0) is 35.6 Å². The molecule has 130 valence electrons. The summed E-state index contributed by atoms with van der Waals surface area (Å²) in [6.07, 6.45) is 0.965. The third kappa shape index (κ3) is 4.15. The molecule has 26 heavy (non-hydrogen) atoms. The van der Waals surface area contributed by atoms with Gasteiger partial charge in [-0.15, -0.1) is 0 Å². The van der Waals surface area contributed by atoms with Crippen LogP contribution in [0, 0.1) is 29.6 Å². The molecule has 0 aliphatic carbocycles. The van der Waals surface area contributed by atoms with Crippen LogP contribution in [0.25, 0.3) is 0 Å². The molecule has 0 aliphatic heterocycles. The zero-order chi connectivity index (χ0) is 19.1. The molecule has 0 unspecified atom stereocenters. The number of carbonyl (C=O) groups is 2. The minimum absolute atomic E-state index is 0.249. The van der Waals surface area contributed by atoms with Crippen LogP contribution in [0.1, 0.15) is 35.1 Å². The minimum atomic E-state index is -1.18. The number of anilines is 1. The number of nitrogens with zero attached hydrogens (tertiary/aromatic N) is 2. The number of rotatable bonds is 6. The second-order valence-electron chi connectivity index (χ2n) is 5.92. The van der Waals surface area contributed by atoms with Crippen LogP contribution in [0.2, 0.25) is 0 Å². The number of ketones is 1. The number of hydrogen-bond donors (Lipinski definition) is 1. The first-order valence-corrected chi connectivity index (χ1v) is 8.30. The Morgan fingerprint density at radius 1 is 1.12 bits per heavy atom. The number of amides is 1. The number of aryl methyl sites for hydroxylation is 2. The molecule has 1 N–H and O–H groups in total. The summed E-state index contributed by atoms with van der Waals surface area (Å²) in [5.74, 6) is -2.78. The summed E-state index contributed by atoms with van der Waals surface area (Å²) in [6.45, 7) is 3.82. The molecule has 0 saturated heterocycles. The van der Waals surface area contributed by atoms with Crippen LogP contribution in [0.3, 0.4) is 0 Å². The van der Waals surface area contributed by atoms with Crippen LogP contribution >= 0.6 is 0 Å². The van der Waals surface area contributed by atoms with Gasteiger partial charge in [0, 0.05) is 5.69 Å². The Bertz CT molecular complexity index is 902. The fraction of sp³-hybridized carbons (Fsp3) is 0.238. The molecule has 0 saturated carbocycles. The Hall–Kier alpha value is -3.44. The van der Waals surface area contributed by atoms with E-state index in [1.165, 1.54) is 0 Å². The highest BCUT2D eigenvalue weighted by molar-refractivity contribution is 6.43. The van der Waals surface area contributed by atoms with Crippen molar-refractivity contribution in [2.45, 2.75) is 32.6 Å². The van der Waals surface area contributed by atoms with Crippen LogP contribution in [0.4, 0.5) is 5.69 Å². The fourth-order valence-electron chi connectivity index (χ4n) is 2.71. The average Bonchev–Trinajstić information content (AvgIpc) is 2.65. The molecule has 0 bridgehead atoms. The molecule has 1 atom stereocenters. The topological polar surface area (TPSA) is 93.8 Å². The van der Waals surface area contributed by atoms with Gasteiger partial charge in [-0.25, -0.2) is 0 Å². The van der Waals surface area contributed by atoms with Gasteiger partial charge >= 0.3 is 0 Å². The molecule has 0 aromatic heterocycles. The van der Waals surface area contributed by atoms with E-state index in [4.69, 9.17) is 5.26 Å². The predicted octanol–water partition coefficient (Wildman–Crippen LogP) is 3.44. The van der Waals surface area contributed by atoms with Crippen molar-refractivity contribution < 1.29 is 9.59 Å². The highest BCUT2D eigenvalue weighted by Crippen LogP contribution is 2.23. The number of carbonyl (C=O) groups excluding carboxylic acids is 2. The van der Waals surface area contributed by atoms with Gasteiger partial charge in [0.1, 0.15) is 5.92 Å². The normalized spacial score (nSPS) is 11.1. The van der Waals surface area contributed by atoms with Crippen LogP contribution in [-0.2, 0) is 22.4 Å². The van der Waals surface area contributed by atoms with E-state index in [0.29, 0.717) is 17.7 Å². The number of Topliss-reactive ketones (excluding diaryl/α,β-unsaturated/α-hetero) is 1. The first-order valence-electron chi connectivity index (χ1n) is 8.30. The first-order chi connectivity index (χ1) is 12.5. The fourth-order valence-corrected chi connectivity index (χ4v) is 2.71. The Morgan fingerprint density at radius 2 is 1.81 bits per heavy atom. The molecule has 5 heteroatoms. The summed E-state index contributed by atoms with van der Waals surface area (Å²) in [4.78, 5) is 24.9. The lowest BCUT2D eigenvalue weighted by Gasteiger charge is -2.14. The molecule has 5 nitrogen and oxygen atoms in total. The quantitative estimate of drug-likeness (QED) is 0.812. The van der Waals surface area contributed by atoms with Gasteiger partial charge < -0.3 is 5.32 Å². The summed E-state index contributed by atoms with van der Waals surface area (Å²) in [5, 5.41) is 20.8. The van der Waals surface area contributed by atoms with Crippen LogP contribution < -0.4 is 5.32 Å². The molecular weight excluding hydrogens is 326 g/mol. The lowest BCUT2D eigenvalue weighted by molar-refractivity contribution is -0.135.